The number of ether oxygens (including phenoxy) is 1. The third kappa shape index (κ3) is 6.44. The van der Waals surface area contributed by atoms with Crippen LogP contribution in [0.5, 0.6) is 11.5 Å². The molecule has 0 bridgehead atoms. The highest BCUT2D eigenvalue weighted by Gasteiger charge is 2.09. The van der Waals surface area contributed by atoms with Crippen molar-refractivity contribution in [1.82, 2.24) is 4.57 Å². The van der Waals surface area contributed by atoms with Crippen molar-refractivity contribution < 1.29 is 4.74 Å². The summed E-state index contributed by atoms with van der Waals surface area (Å²) in [6, 6.07) is 46.5. The van der Waals surface area contributed by atoms with Crippen LogP contribution in [0, 0.1) is 6.92 Å². The summed E-state index contributed by atoms with van der Waals surface area (Å²) < 4.78 is 8.31. The summed E-state index contributed by atoms with van der Waals surface area (Å²) in [7, 11) is 0. The fourth-order valence-corrected chi connectivity index (χ4v) is 6.23. The van der Waals surface area contributed by atoms with Gasteiger partial charge in [0.15, 0.2) is 0 Å². The highest BCUT2D eigenvalue weighted by Crippen LogP contribution is 2.33. The van der Waals surface area contributed by atoms with Crippen LogP contribution in [-0.2, 0) is 0 Å². The Morgan fingerprint density at radius 2 is 1.15 bits per heavy atom. The number of para-hydroxylation sites is 2. The van der Waals surface area contributed by atoms with Gasteiger partial charge in [0.05, 0.1) is 11.0 Å². The average Bonchev–Trinajstić information content (AvgIpc) is 3.45. The molecular weight excluding hydrogens is 585 g/mol. The molecule has 0 atom stereocenters. The Labute approximate surface area is 282 Å². The number of aromatic nitrogens is 1. The largest absolute Gasteiger partial charge is 0.457 e. The van der Waals surface area contributed by atoms with Crippen molar-refractivity contribution in [2.45, 2.75) is 13.8 Å². The Hall–Kier alpha value is -6.06. The minimum Gasteiger partial charge on any atom is -0.457 e. The maximum absolute atomic E-state index is 6.16. The Kier molecular flexibility index (Phi) is 8.76. The molecule has 0 saturated heterocycles. The molecule has 3 heteroatoms. The first-order valence-corrected chi connectivity index (χ1v) is 16.4. The lowest BCUT2D eigenvalue weighted by Crippen LogP contribution is -1.99. The molecular formula is C45H38N2O. The summed E-state index contributed by atoms with van der Waals surface area (Å²) in [5.41, 5.74) is 11.8. The number of rotatable bonds is 10. The number of aryl methyl sites for hydroxylation is 1. The van der Waals surface area contributed by atoms with Crippen LogP contribution in [-0.4, -0.2) is 11.1 Å². The van der Waals surface area contributed by atoms with Crippen molar-refractivity contribution >= 4 is 58.0 Å². The molecule has 234 valence electrons. The molecule has 0 aliphatic heterocycles. The summed E-state index contributed by atoms with van der Waals surface area (Å²) in [4.78, 5) is 0. The fraction of sp³-hybridized carbons (Fsp3) is 0.0667. The van der Waals surface area contributed by atoms with Crippen LogP contribution in [0.15, 0.2) is 140 Å². The van der Waals surface area contributed by atoms with Crippen molar-refractivity contribution in [3.63, 3.8) is 0 Å². The van der Waals surface area contributed by atoms with E-state index >= 15 is 0 Å². The number of anilines is 1. The van der Waals surface area contributed by atoms with Gasteiger partial charge in [-0.15, -0.1) is 0 Å². The molecule has 0 spiro atoms. The van der Waals surface area contributed by atoms with Crippen molar-refractivity contribution in [3.05, 3.63) is 168 Å². The van der Waals surface area contributed by atoms with Gasteiger partial charge < -0.3 is 14.6 Å². The number of hydrogen-bond donors (Lipinski definition) is 1. The Bertz CT molecular complexity index is 2290. The van der Waals surface area contributed by atoms with E-state index in [4.69, 9.17) is 4.74 Å². The topological polar surface area (TPSA) is 26.2 Å². The minimum atomic E-state index is 0.805. The highest BCUT2D eigenvalue weighted by molar-refractivity contribution is 6.10. The fourth-order valence-electron chi connectivity index (χ4n) is 6.23. The molecule has 0 amide bonds. The zero-order valence-electron chi connectivity index (χ0n) is 27.4. The van der Waals surface area contributed by atoms with E-state index in [-0.39, 0.29) is 0 Å². The van der Waals surface area contributed by atoms with Crippen molar-refractivity contribution in [2.75, 3.05) is 11.9 Å². The predicted octanol–water partition coefficient (Wildman–Crippen LogP) is 12.4. The van der Waals surface area contributed by atoms with Gasteiger partial charge in [0, 0.05) is 34.8 Å². The first-order chi connectivity index (χ1) is 23.6. The zero-order chi connectivity index (χ0) is 32.9. The molecule has 1 heterocycles. The lowest BCUT2D eigenvalue weighted by molar-refractivity contribution is 0.482. The number of nitrogens with zero attached hydrogens (tertiary/aromatic N) is 1. The standard InChI is InChI=1S/C45H38N2O/c1-4-46-43-12-8-6-10-39(43)41-30-35(15-14-32(41)3)18-16-33-20-25-37(26-21-33)48-38-27-22-34(23-28-38)17-19-36-24-29-45-42(31-36)40-11-7-9-13-44(40)47(45)5-2/h5-31,46H,2,4H2,1,3H3/b18-16-,19-17-. The van der Waals surface area contributed by atoms with Gasteiger partial charge in [-0.25, -0.2) is 0 Å². The molecule has 1 aromatic heterocycles. The predicted molar refractivity (Wildman–Crippen MR) is 207 cm³/mol. The molecule has 0 saturated carbocycles. The second-order valence-electron chi connectivity index (χ2n) is 11.9. The van der Waals surface area contributed by atoms with E-state index in [1.807, 2.05) is 30.5 Å². The van der Waals surface area contributed by atoms with Crippen molar-refractivity contribution in [2.24, 2.45) is 0 Å². The van der Waals surface area contributed by atoms with Gasteiger partial charge in [-0.1, -0.05) is 110 Å². The van der Waals surface area contributed by atoms with Crippen molar-refractivity contribution in [1.29, 1.82) is 0 Å². The average molecular weight is 623 g/mol. The molecule has 48 heavy (non-hydrogen) atoms. The zero-order valence-corrected chi connectivity index (χ0v) is 27.4. The molecule has 7 aromatic rings. The summed E-state index contributed by atoms with van der Waals surface area (Å²) in [6.07, 6.45) is 10.5. The van der Waals surface area contributed by atoms with Gasteiger partial charge in [-0.2, -0.15) is 0 Å². The quantitative estimate of drug-likeness (QED) is 0.154. The Morgan fingerprint density at radius 3 is 1.83 bits per heavy atom. The van der Waals surface area contributed by atoms with Gasteiger partial charge >= 0.3 is 0 Å². The first-order valence-electron chi connectivity index (χ1n) is 16.4. The Balaban J connectivity index is 1.00. The molecule has 1 N–H and O–H groups in total. The molecule has 7 rings (SSSR count). The first kappa shape index (κ1) is 30.6. The molecule has 6 aromatic carbocycles. The van der Waals surface area contributed by atoms with E-state index in [1.54, 1.807) is 0 Å². The monoisotopic (exact) mass is 622 g/mol. The summed E-state index contributed by atoms with van der Waals surface area (Å²) in [6.45, 7) is 9.19. The third-order valence-corrected chi connectivity index (χ3v) is 8.69. The van der Waals surface area contributed by atoms with Crippen LogP contribution in [0.4, 0.5) is 5.69 Å². The third-order valence-electron chi connectivity index (χ3n) is 8.69. The van der Waals surface area contributed by atoms with E-state index < -0.39 is 0 Å². The van der Waals surface area contributed by atoms with E-state index in [1.165, 1.54) is 33.0 Å². The van der Waals surface area contributed by atoms with Crippen LogP contribution in [0.25, 0.3) is 63.4 Å². The molecule has 0 radical (unpaired) electrons. The summed E-state index contributed by atoms with van der Waals surface area (Å²) in [5, 5.41) is 5.95. The van der Waals surface area contributed by atoms with Crippen LogP contribution in [0.2, 0.25) is 0 Å². The van der Waals surface area contributed by atoms with Gasteiger partial charge in [0.1, 0.15) is 11.5 Å². The number of hydrogen-bond acceptors (Lipinski definition) is 2. The Morgan fingerprint density at radius 1 is 0.583 bits per heavy atom. The van der Waals surface area contributed by atoms with Crippen molar-refractivity contribution in [3.8, 4) is 22.6 Å². The molecule has 0 aliphatic rings. The lowest BCUT2D eigenvalue weighted by Gasteiger charge is -2.13. The molecule has 0 unspecified atom stereocenters. The summed E-state index contributed by atoms with van der Waals surface area (Å²) in [5.74, 6) is 1.61. The number of fused-ring (bicyclic) bond motifs is 3. The van der Waals surface area contributed by atoms with E-state index in [2.05, 4.69) is 164 Å². The van der Waals surface area contributed by atoms with Crippen LogP contribution in [0.1, 0.15) is 34.7 Å². The molecule has 0 fully saturated rings. The minimum absolute atomic E-state index is 0.805. The highest BCUT2D eigenvalue weighted by atomic mass is 16.5. The second kappa shape index (κ2) is 13.7. The maximum Gasteiger partial charge on any atom is 0.127 e. The molecule has 3 nitrogen and oxygen atoms in total. The van der Waals surface area contributed by atoms with E-state index in [0.717, 1.165) is 51.5 Å². The molecule has 0 aliphatic carbocycles. The maximum atomic E-state index is 6.16. The van der Waals surface area contributed by atoms with Gasteiger partial charge in [0.25, 0.3) is 0 Å². The smallest absolute Gasteiger partial charge is 0.127 e. The van der Waals surface area contributed by atoms with Gasteiger partial charge in [0.2, 0.25) is 0 Å². The van der Waals surface area contributed by atoms with Crippen LogP contribution in [0.3, 0.4) is 0 Å². The lowest BCUT2D eigenvalue weighted by atomic mass is 9.96. The SMILES string of the molecule is C=Cn1c2ccccc2c2cc(/C=C\c3ccc(Oc4ccc(/C=C\c5ccc(C)c(-c6ccccc6NCC)c5)cc4)cc3)ccc21. The number of benzene rings is 6. The van der Waals surface area contributed by atoms with E-state index in [9.17, 15) is 0 Å². The number of nitrogens with one attached hydrogen (secondary N) is 1. The normalized spacial score (nSPS) is 11.5. The van der Waals surface area contributed by atoms with Gasteiger partial charge in [-0.3, -0.25) is 0 Å². The summed E-state index contributed by atoms with van der Waals surface area (Å²) >= 11 is 0. The van der Waals surface area contributed by atoms with Crippen LogP contribution >= 0.6 is 0 Å². The second-order valence-corrected chi connectivity index (χ2v) is 11.9. The van der Waals surface area contributed by atoms with E-state index in [0.29, 0.717) is 0 Å². The van der Waals surface area contributed by atoms with Gasteiger partial charge in [-0.05, 0) is 102 Å². The van der Waals surface area contributed by atoms with Crippen LogP contribution < -0.4 is 10.1 Å².